The molecule has 1 heterocycles. The molecule has 1 aromatic rings. The molecule has 0 radical (unpaired) electrons. The molecule has 94 valence electrons. The molecule has 0 atom stereocenters. The van der Waals surface area contributed by atoms with Gasteiger partial charge in [-0.2, -0.15) is 0 Å². The molecule has 1 aliphatic carbocycles. The van der Waals surface area contributed by atoms with Crippen LogP contribution in [0.15, 0.2) is 4.52 Å². The molecule has 1 aliphatic rings. The molecule has 0 aliphatic heterocycles. The van der Waals surface area contributed by atoms with E-state index in [0.717, 1.165) is 19.4 Å². The molecule has 2 rings (SSSR count). The maximum absolute atomic E-state index is 12.5. The van der Waals surface area contributed by atoms with Crippen molar-refractivity contribution in [2.45, 2.75) is 52.5 Å². The van der Waals surface area contributed by atoms with Crippen LogP contribution in [0, 0.1) is 13.8 Å². The minimum absolute atomic E-state index is 0.0793. The number of amides is 1. The Labute approximate surface area is 102 Å². The summed E-state index contributed by atoms with van der Waals surface area (Å²) in [6, 6.07) is 0.404. The van der Waals surface area contributed by atoms with E-state index in [1.54, 1.807) is 6.92 Å². The van der Waals surface area contributed by atoms with E-state index in [9.17, 15) is 4.79 Å². The Balaban J connectivity index is 2.22. The zero-order chi connectivity index (χ0) is 12.4. The monoisotopic (exact) mass is 236 g/mol. The van der Waals surface area contributed by atoms with E-state index in [4.69, 9.17) is 4.52 Å². The summed E-state index contributed by atoms with van der Waals surface area (Å²) in [4.78, 5) is 14.5. The molecule has 0 saturated heterocycles. The van der Waals surface area contributed by atoms with Gasteiger partial charge in [-0.1, -0.05) is 18.0 Å². The molecule has 1 saturated carbocycles. The Morgan fingerprint density at radius 2 is 2.06 bits per heavy atom. The van der Waals surface area contributed by atoms with Gasteiger partial charge in [-0.3, -0.25) is 4.79 Å². The topological polar surface area (TPSA) is 46.3 Å². The van der Waals surface area contributed by atoms with Crippen LogP contribution in [0.25, 0.3) is 0 Å². The minimum atomic E-state index is 0.0793. The first kappa shape index (κ1) is 12.1. The predicted molar refractivity (Wildman–Crippen MR) is 64.9 cm³/mol. The fourth-order valence-electron chi connectivity index (χ4n) is 2.72. The lowest BCUT2D eigenvalue weighted by atomic mass is 10.1. The van der Waals surface area contributed by atoms with E-state index in [2.05, 4.69) is 5.16 Å². The number of hydrogen-bond donors (Lipinski definition) is 0. The van der Waals surface area contributed by atoms with E-state index in [1.165, 1.54) is 12.8 Å². The fraction of sp³-hybridized carbons (Fsp3) is 0.692. The quantitative estimate of drug-likeness (QED) is 0.810. The summed E-state index contributed by atoms with van der Waals surface area (Å²) in [6.07, 6.45) is 4.72. The normalized spacial score (nSPS) is 16.4. The summed E-state index contributed by atoms with van der Waals surface area (Å²) in [6.45, 7) is 6.42. The smallest absolute Gasteiger partial charge is 0.259 e. The van der Waals surface area contributed by atoms with Crippen molar-refractivity contribution in [3.05, 3.63) is 17.0 Å². The predicted octanol–water partition coefficient (Wildman–Crippen LogP) is 2.70. The van der Waals surface area contributed by atoms with Gasteiger partial charge in [0.15, 0.2) is 0 Å². The van der Waals surface area contributed by atoms with Crippen LogP contribution in [0.2, 0.25) is 0 Å². The number of aromatic nitrogens is 1. The van der Waals surface area contributed by atoms with Crippen molar-refractivity contribution >= 4 is 5.91 Å². The summed E-state index contributed by atoms with van der Waals surface area (Å²) >= 11 is 0. The summed E-state index contributed by atoms with van der Waals surface area (Å²) in [5.74, 6) is 0.708. The van der Waals surface area contributed by atoms with Gasteiger partial charge in [0.1, 0.15) is 11.3 Å². The Bertz CT molecular complexity index is 386. The van der Waals surface area contributed by atoms with E-state index >= 15 is 0 Å². The largest absolute Gasteiger partial charge is 0.361 e. The van der Waals surface area contributed by atoms with Gasteiger partial charge in [0.2, 0.25) is 0 Å². The molecule has 4 heteroatoms. The van der Waals surface area contributed by atoms with Gasteiger partial charge < -0.3 is 9.42 Å². The lowest BCUT2D eigenvalue weighted by molar-refractivity contribution is 0.0691. The molecule has 0 unspecified atom stereocenters. The zero-order valence-corrected chi connectivity index (χ0v) is 10.8. The number of carbonyl (C=O) groups is 1. The van der Waals surface area contributed by atoms with Gasteiger partial charge >= 0.3 is 0 Å². The highest BCUT2D eigenvalue weighted by Crippen LogP contribution is 2.26. The molecule has 17 heavy (non-hydrogen) atoms. The first-order chi connectivity index (χ1) is 8.15. The van der Waals surface area contributed by atoms with Crippen LogP contribution in [0.5, 0.6) is 0 Å². The summed E-state index contributed by atoms with van der Waals surface area (Å²) in [5, 5.41) is 3.86. The molecule has 0 N–H and O–H groups in total. The van der Waals surface area contributed by atoms with Crippen LogP contribution in [-0.2, 0) is 0 Å². The fourth-order valence-corrected chi connectivity index (χ4v) is 2.72. The maximum atomic E-state index is 12.5. The van der Waals surface area contributed by atoms with Crippen LogP contribution in [0.4, 0.5) is 0 Å². The van der Waals surface area contributed by atoms with Crippen molar-refractivity contribution in [2.24, 2.45) is 0 Å². The van der Waals surface area contributed by atoms with Gasteiger partial charge in [-0.15, -0.1) is 0 Å². The van der Waals surface area contributed by atoms with Crippen molar-refractivity contribution in [3.63, 3.8) is 0 Å². The van der Waals surface area contributed by atoms with Crippen LogP contribution in [0.3, 0.4) is 0 Å². The lowest BCUT2D eigenvalue weighted by Crippen LogP contribution is -2.39. The van der Waals surface area contributed by atoms with Gasteiger partial charge in [-0.05, 0) is 33.6 Å². The van der Waals surface area contributed by atoms with Crippen LogP contribution in [-0.4, -0.2) is 28.6 Å². The van der Waals surface area contributed by atoms with Gasteiger partial charge in [-0.25, -0.2) is 0 Å². The Morgan fingerprint density at radius 3 is 2.53 bits per heavy atom. The van der Waals surface area contributed by atoms with Crippen LogP contribution >= 0.6 is 0 Å². The number of nitrogens with zero attached hydrogens (tertiary/aromatic N) is 2. The average molecular weight is 236 g/mol. The highest BCUT2D eigenvalue weighted by atomic mass is 16.5. The van der Waals surface area contributed by atoms with Crippen molar-refractivity contribution in [1.82, 2.24) is 10.1 Å². The van der Waals surface area contributed by atoms with E-state index in [-0.39, 0.29) is 5.91 Å². The Morgan fingerprint density at radius 1 is 1.41 bits per heavy atom. The van der Waals surface area contributed by atoms with Crippen molar-refractivity contribution in [2.75, 3.05) is 6.54 Å². The van der Waals surface area contributed by atoms with E-state index in [1.807, 2.05) is 18.7 Å². The molecule has 0 bridgehead atoms. The second-order valence-corrected chi connectivity index (χ2v) is 4.73. The second-order valence-electron chi connectivity index (χ2n) is 4.73. The molecule has 0 spiro atoms. The molecule has 1 fully saturated rings. The zero-order valence-electron chi connectivity index (χ0n) is 10.8. The van der Waals surface area contributed by atoms with Gasteiger partial charge in [0.05, 0.1) is 5.69 Å². The molecular weight excluding hydrogens is 216 g/mol. The summed E-state index contributed by atoms with van der Waals surface area (Å²) in [5.41, 5.74) is 1.35. The Kier molecular flexibility index (Phi) is 3.50. The lowest BCUT2D eigenvalue weighted by Gasteiger charge is -2.27. The van der Waals surface area contributed by atoms with Crippen molar-refractivity contribution in [1.29, 1.82) is 0 Å². The highest BCUT2D eigenvalue weighted by molar-refractivity contribution is 5.96. The third kappa shape index (κ3) is 2.21. The number of rotatable bonds is 3. The molecule has 0 aromatic carbocycles. The SMILES string of the molecule is CCN(C(=O)c1c(C)noc1C)C1CCCC1. The summed E-state index contributed by atoms with van der Waals surface area (Å²) in [7, 11) is 0. The molecular formula is C13H20N2O2. The maximum Gasteiger partial charge on any atom is 0.259 e. The van der Waals surface area contributed by atoms with Crippen molar-refractivity contribution < 1.29 is 9.32 Å². The van der Waals surface area contributed by atoms with Crippen molar-refractivity contribution in [3.8, 4) is 0 Å². The van der Waals surface area contributed by atoms with Crippen LogP contribution < -0.4 is 0 Å². The van der Waals surface area contributed by atoms with E-state index in [0.29, 0.717) is 23.1 Å². The van der Waals surface area contributed by atoms with Gasteiger partial charge in [0, 0.05) is 12.6 Å². The minimum Gasteiger partial charge on any atom is -0.361 e. The third-order valence-electron chi connectivity index (χ3n) is 3.61. The molecule has 1 amide bonds. The van der Waals surface area contributed by atoms with Crippen LogP contribution in [0.1, 0.15) is 54.4 Å². The standard InChI is InChI=1S/C13H20N2O2/c1-4-15(11-7-5-6-8-11)13(16)12-9(2)14-17-10(12)3/h11H,4-8H2,1-3H3. The first-order valence-corrected chi connectivity index (χ1v) is 6.39. The Hall–Kier alpha value is -1.32. The molecule has 1 aromatic heterocycles. The van der Waals surface area contributed by atoms with E-state index < -0.39 is 0 Å². The molecule has 4 nitrogen and oxygen atoms in total. The second kappa shape index (κ2) is 4.90. The third-order valence-corrected chi connectivity index (χ3v) is 3.61. The average Bonchev–Trinajstić information content (AvgIpc) is 2.90. The summed E-state index contributed by atoms with van der Waals surface area (Å²) < 4.78 is 5.08. The number of hydrogen-bond acceptors (Lipinski definition) is 3. The highest BCUT2D eigenvalue weighted by Gasteiger charge is 2.29. The first-order valence-electron chi connectivity index (χ1n) is 6.39. The number of aryl methyl sites for hydroxylation is 2. The van der Waals surface area contributed by atoms with Gasteiger partial charge in [0.25, 0.3) is 5.91 Å². The number of carbonyl (C=O) groups excluding carboxylic acids is 1.